The van der Waals surface area contributed by atoms with E-state index >= 15 is 0 Å². The largest absolute Gasteiger partial charge is 0.744 e. The van der Waals surface area contributed by atoms with Crippen LogP contribution in [0.15, 0.2) is 77.4 Å². The van der Waals surface area contributed by atoms with Crippen LogP contribution in [0.3, 0.4) is 0 Å². The van der Waals surface area contributed by atoms with Crippen LogP contribution < -0.4 is 15.5 Å². The molecule has 354 valence electrons. The van der Waals surface area contributed by atoms with E-state index in [9.17, 15) is 32.1 Å². The summed E-state index contributed by atoms with van der Waals surface area (Å²) in [5.41, 5.74) is 6.50. The molecule has 0 fully saturated rings. The van der Waals surface area contributed by atoms with Crippen molar-refractivity contribution in [3.05, 3.63) is 89.2 Å². The number of unbranched alkanes of at least 4 members (excludes halogenated alkanes) is 6. The topological polar surface area (TPSA) is 177 Å². The second kappa shape index (κ2) is 23.5. The Morgan fingerprint density at radius 1 is 0.754 bits per heavy atom. The average Bonchev–Trinajstić information content (AvgIpc) is 3.77. The smallest absolute Gasteiger partial charge is 0.253 e. The molecule has 2 aromatic carbocycles. The third kappa shape index (κ3) is 13.6. The molecular formula is C50H69N5O9S. The van der Waals surface area contributed by atoms with Gasteiger partial charge in [-0.25, -0.2) is 8.42 Å². The summed E-state index contributed by atoms with van der Waals surface area (Å²) in [6.07, 6.45) is 16.9. The first-order valence-corrected chi connectivity index (χ1v) is 24.5. The average molecular weight is 916 g/mol. The second-order valence-corrected chi connectivity index (χ2v) is 19.5. The summed E-state index contributed by atoms with van der Waals surface area (Å²) in [6, 6.07) is 11.2. The van der Waals surface area contributed by atoms with Crippen molar-refractivity contribution in [2.24, 2.45) is 0 Å². The third-order valence-electron chi connectivity index (χ3n) is 12.6. The zero-order chi connectivity index (χ0) is 47.2. The van der Waals surface area contributed by atoms with E-state index in [1.54, 1.807) is 13.2 Å². The van der Waals surface area contributed by atoms with Crippen LogP contribution >= 0.6 is 0 Å². The number of imide groups is 1. The van der Waals surface area contributed by atoms with Crippen LogP contribution in [-0.2, 0) is 49.6 Å². The van der Waals surface area contributed by atoms with Gasteiger partial charge in [-0.05, 0) is 95.6 Å². The van der Waals surface area contributed by atoms with Gasteiger partial charge in [0.1, 0.15) is 16.7 Å². The molecule has 0 aromatic heterocycles. The molecule has 0 saturated heterocycles. The van der Waals surface area contributed by atoms with E-state index in [0.29, 0.717) is 71.7 Å². The fourth-order valence-corrected chi connectivity index (χ4v) is 9.41. The van der Waals surface area contributed by atoms with E-state index < -0.39 is 15.5 Å². The number of amides is 4. The molecule has 3 heterocycles. The van der Waals surface area contributed by atoms with Gasteiger partial charge in [-0.3, -0.25) is 24.1 Å². The molecule has 4 amide bonds. The van der Waals surface area contributed by atoms with Crippen molar-refractivity contribution in [1.82, 2.24) is 15.5 Å². The van der Waals surface area contributed by atoms with Gasteiger partial charge < -0.3 is 29.6 Å². The molecule has 5 rings (SSSR count). The lowest BCUT2D eigenvalue weighted by Gasteiger charge is -2.27. The summed E-state index contributed by atoms with van der Waals surface area (Å²) in [5.74, 6) is -0.538. The van der Waals surface area contributed by atoms with E-state index in [1.165, 1.54) is 46.0 Å². The molecular weight excluding hydrogens is 847 g/mol. The summed E-state index contributed by atoms with van der Waals surface area (Å²) in [7, 11) is -3.04. The van der Waals surface area contributed by atoms with Crippen LogP contribution in [0.4, 0.5) is 11.4 Å². The number of aryl methyl sites for hydroxylation is 1. The van der Waals surface area contributed by atoms with E-state index in [0.717, 1.165) is 74.2 Å². The molecule has 3 aliphatic heterocycles. The maximum Gasteiger partial charge on any atom is 0.253 e. The predicted molar refractivity (Wildman–Crippen MR) is 251 cm³/mol. The first kappa shape index (κ1) is 51.0. The second-order valence-electron chi connectivity index (χ2n) is 18.2. The maximum absolute atomic E-state index is 12.6. The lowest BCUT2D eigenvalue weighted by atomic mass is 9.81. The first-order chi connectivity index (χ1) is 31.0. The fraction of sp³-hybridized carbons (Fsp3) is 0.540. The van der Waals surface area contributed by atoms with Crippen molar-refractivity contribution in [2.75, 3.05) is 64.6 Å². The van der Waals surface area contributed by atoms with Gasteiger partial charge in [0.05, 0.1) is 30.1 Å². The maximum atomic E-state index is 12.6. The number of carbonyl (C=O) groups is 4. The Morgan fingerprint density at radius 2 is 1.40 bits per heavy atom. The lowest BCUT2D eigenvalue weighted by molar-refractivity contribution is -0.438. The molecule has 2 N–H and O–H groups in total. The Hall–Kier alpha value is -4.96. The highest BCUT2D eigenvalue weighted by atomic mass is 32.2. The number of allylic oxidation sites excluding steroid dienone is 4. The molecule has 2 aromatic rings. The van der Waals surface area contributed by atoms with Crippen LogP contribution in [0.2, 0.25) is 0 Å². The van der Waals surface area contributed by atoms with E-state index in [-0.39, 0.29) is 33.9 Å². The Morgan fingerprint density at radius 3 is 2.08 bits per heavy atom. The number of hydrogen-bond donors (Lipinski definition) is 2. The minimum absolute atomic E-state index is 0.0126. The van der Waals surface area contributed by atoms with Crippen LogP contribution in [-0.4, -0.2) is 111 Å². The van der Waals surface area contributed by atoms with E-state index in [2.05, 4.69) is 77.3 Å². The van der Waals surface area contributed by atoms with Gasteiger partial charge >= 0.3 is 0 Å². The quantitative estimate of drug-likeness (QED) is 0.0429. The molecule has 0 spiro atoms. The SMILES string of the molecule is COCCOCCNC(=O)CCCCCN1C(=CC=CC2=[N+](CCCCCC(=O)NCCCCCN3C(=O)C=CC3=O)c3ccc(S(=O)(=O)[O-])cc3C2(C)C)C(C)(C)c2cc(C)ccc21. The number of hydrogen-bond acceptors (Lipinski definition) is 10. The number of ether oxygens (including phenoxy) is 2. The Kier molecular flexibility index (Phi) is 18.4. The number of nitrogens with one attached hydrogen (secondary N) is 2. The van der Waals surface area contributed by atoms with Gasteiger partial charge in [0, 0.05) is 99.2 Å². The molecule has 15 heteroatoms. The molecule has 65 heavy (non-hydrogen) atoms. The summed E-state index contributed by atoms with van der Waals surface area (Å²) in [6.45, 7) is 15.0. The highest BCUT2D eigenvalue weighted by Crippen LogP contribution is 2.48. The van der Waals surface area contributed by atoms with Gasteiger partial charge in [0.2, 0.25) is 17.5 Å². The van der Waals surface area contributed by atoms with Crippen LogP contribution in [0.1, 0.15) is 115 Å². The number of fused-ring (bicyclic) bond motifs is 2. The fourth-order valence-electron chi connectivity index (χ4n) is 8.91. The summed E-state index contributed by atoms with van der Waals surface area (Å²) < 4.78 is 49.1. The lowest BCUT2D eigenvalue weighted by Crippen LogP contribution is -2.31. The van der Waals surface area contributed by atoms with Crippen LogP contribution in [0, 0.1) is 6.92 Å². The van der Waals surface area contributed by atoms with Crippen molar-refractivity contribution in [2.45, 2.75) is 121 Å². The minimum atomic E-state index is -4.67. The molecule has 0 radical (unpaired) electrons. The Labute approximate surface area is 385 Å². The van der Waals surface area contributed by atoms with E-state index in [1.807, 2.05) is 13.8 Å². The highest BCUT2D eigenvalue weighted by Gasteiger charge is 2.45. The third-order valence-corrected chi connectivity index (χ3v) is 13.4. The standard InChI is InChI=1S/C50H69N5O9S/c1-37-21-23-41-39(35-37)49(2,3)43(53(41)29-13-8-11-20-46(57)52-28-32-64-34-33-63-6)17-16-18-44-50(4,5)40-36-38(65(60,61)62)22-24-42(40)54(44)30-14-7-10-19-45(56)51-27-12-9-15-31-55-47(58)25-26-48(55)59/h16-18,21-26,35-36H,7-15,19-20,27-34H2,1-6H3,(H2-,51,52,56,57,60,61,62). The number of benzene rings is 2. The molecule has 0 atom stereocenters. The number of carbonyl (C=O) groups excluding carboxylic acids is 4. The van der Waals surface area contributed by atoms with Gasteiger partial charge in [-0.1, -0.05) is 44.0 Å². The minimum Gasteiger partial charge on any atom is -0.744 e. The molecule has 0 unspecified atom stereocenters. The van der Waals surface area contributed by atoms with Gasteiger partial charge in [0.25, 0.3) is 11.8 Å². The highest BCUT2D eigenvalue weighted by molar-refractivity contribution is 7.85. The number of methoxy groups -OCH3 is 1. The summed E-state index contributed by atoms with van der Waals surface area (Å²) >= 11 is 0. The van der Waals surface area contributed by atoms with Crippen LogP contribution in [0.25, 0.3) is 0 Å². The van der Waals surface area contributed by atoms with Crippen molar-refractivity contribution in [3.63, 3.8) is 0 Å². The van der Waals surface area contributed by atoms with Crippen molar-refractivity contribution in [1.29, 1.82) is 0 Å². The zero-order valence-electron chi connectivity index (χ0n) is 39.2. The van der Waals surface area contributed by atoms with Gasteiger partial charge in [0.15, 0.2) is 5.71 Å². The predicted octanol–water partition coefficient (Wildman–Crippen LogP) is 6.62. The monoisotopic (exact) mass is 915 g/mol. The molecule has 0 saturated carbocycles. The number of nitrogens with zero attached hydrogens (tertiary/aromatic N) is 3. The molecule has 0 bridgehead atoms. The Bertz CT molecular complexity index is 2260. The summed E-state index contributed by atoms with van der Waals surface area (Å²) in [4.78, 5) is 51.9. The van der Waals surface area contributed by atoms with Gasteiger partial charge in [-0.15, -0.1) is 0 Å². The van der Waals surface area contributed by atoms with Crippen molar-refractivity contribution >= 4 is 50.8 Å². The van der Waals surface area contributed by atoms with Gasteiger partial charge in [-0.2, -0.15) is 4.58 Å². The molecule has 3 aliphatic rings. The normalized spacial score (nSPS) is 16.9. The van der Waals surface area contributed by atoms with Crippen LogP contribution in [0.5, 0.6) is 0 Å². The van der Waals surface area contributed by atoms with E-state index in [4.69, 9.17) is 9.47 Å². The Balaban J connectivity index is 1.22. The summed E-state index contributed by atoms with van der Waals surface area (Å²) in [5, 5.41) is 5.91. The number of anilines is 1. The zero-order valence-corrected chi connectivity index (χ0v) is 40.0. The number of rotatable bonds is 27. The van der Waals surface area contributed by atoms with Crippen molar-refractivity contribution in [3.8, 4) is 0 Å². The first-order valence-electron chi connectivity index (χ1n) is 23.1. The van der Waals surface area contributed by atoms with Crippen molar-refractivity contribution < 1.29 is 46.2 Å². The molecule has 14 nitrogen and oxygen atoms in total. The molecule has 0 aliphatic carbocycles.